The number of benzene rings is 1. The first-order valence-corrected chi connectivity index (χ1v) is 10.3. The van der Waals surface area contributed by atoms with Gasteiger partial charge in [0.25, 0.3) is 0 Å². The van der Waals surface area contributed by atoms with Gasteiger partial charge in [-0.25, -0.2) is 0 Å². The molecule has 0 saturated heterocycles. The molecule has 1 aliphatic rings. The number of carbonyl (C=O) groups is 2. The first-order valence-electron chi connectivity index (χ1n) is 9.90. The van der Waals surface area contributed by atoms with Crippen molar-refractivity contribution in [1.82, 2.24) is 0 Å². The van der Waals surface area contributed by atoms with Gasteiger partial charge in [-0.15, -0.1) is 0 Å². The van der Waals surface area contributed by atoms with Gasteiger partial charge >= 0.3 is 0 Å². The molecule has 28 heavy (non-hydrogen) atoms. The molecule has 1 aliphatic carbocycles. The van der Waals surface area contributed by atoms with E-state index in [1.165, 1.54) is 0 Å². The summed E-state index contributed by atoms with van der Waals surface area (Å²) in [4.78, 5) is 23.5. The van der Waals surface area contributed by atoms with E-state index >= 15 is 0 Å². The summed E-state index contributed by atoms with van der Waals surface area (Å²) >= 11 is 6.11. The fraction of sp³-hybridized carbons (Fsp3) is 0.565. The van der Waals surface area contributed by atoms with Crippen LogP contribution >= 0.6 is 11.6 Å². The summed E-state index contributed by atoms with van der Waals surface area (Å²) in [5.41, 5.74) is 1.83. The smallest absolute Gasteiger partial charge is 0.154 e. The number of allylic oxidation sites excluding steroid dienone is 2. The number of hydrogen-bond acceptors (Lipinski definition) is 4. The van der Waals surface area contributed by atoms with E-state index in [9.17, 15) is 19.8 Å². The van der Waals surface area contributed by atoms with E-state index in [2.05, 4.69) is 13.8 Å². The highest BCUT2D eigenvalue weighted by Crippen LogP contribution is 2.47. The van der Waals surface area contributed by atoms with E-state index in [1.54, 1.807) is 6.92 Å². The second-order valence-corrected chi connectivity index (χ2v) is 8.91. The van der Waals surface area contributed by atoms with Gasteiger partial charge in [0.15, 0.2) is 6.29 Å². The third-order valence-corrected chi connectivity index (χ3v) is 7.48. The van der Waals surface area contributed by atoms with Crippen molar-refractivity contribution in [2.45, 2.75) is 66.7 Å². The topological polar surface area (TPSA) is 74.6 Å². The zero-order chi connectivity index (χ0) is 21.2. The highest BCUT2D eigenvalue weighted by atomic mass is 35.5. The fourth-order valence-electron chi connectivity index (χ4n) is 4.23. The Hall–Kier alpha value is -1.81. The Morgan fingerprint density at radius 1 is 1.29 bits per heavy atom. The predicted molar refractivity (Wildman–Crippen MR) is 112 cm³/mol. The molecule has 2 N–H and O–H groups in total. The number of ketones is 1. The lowest BCUT2D eigenvalue weighted by molar-refractivity contribution is -0.132. The lowest BCUT2D eigenvalue weighted by Gasteiger charge is -2.44. The maximum atomic E-state index is 12.2. The molecular weight excluding hydrogens is 376 g/mol. The Bertz CT molecular complexity index is 812. The van der Waals surface area contributed by atoms with Crippen molar-refractivity contribution < 1.29 is 19.8 Å². The monoisotopic (exact) mass is 406 g/mol. The van der Waals surface area contributed by atoms with Gasteiger partial charge in [0.1, 0.15) is 17.3 Å². The quantitative estimate of drug-likeness (QED) is 0.463. The molecule has 0 spiro atoms. The standard InChI is InChI=1S/C23H31ClO4/c1-13(10-11-23(5)14(2)7-9-19(26)16(23)4)6-8-17-21(27)18(12-25)15(3)20(24)22(17)28/h6,12,14,16,27-28H,7-11H2,1-5H3/t14-,16+,23+/m1/s1. The first-order chi connectivity index (χ1) is 13.0. The molecule has 2 rings (SSSR count). The molecule has 0 aliphatic heterocycles. The number of hydrogen-bond donors (Lipinski definition) is 2. The second-order valence-electron chi connectivity index (χ2n) is 8.53. The summed E-state index contributed by atoms with van der Waals surface area (Å²) < 4.78 is 0. The summed E-state index contributed by atoms with van der Waals surface area (Å²) in [5, 5.41) is 20.7. The zero-order valence-corrected chi connectivity index (χ0v) is 18.2. The van der Waals surface area contributed by atoms with Crippen LogP contribution in [-0.2, 0) is 11.2 Å². The number of Topliss-reactive ketones (excluding diaryl/α,β-unsaturated/α-hetero) is 1. The van der Waals surface area contributed by atoms with Gasteiger partial charge in [0.05, 0.1) is 10.6 Å². The highest BCUT2D eigenvalue weighted by molar-refractivity contribution is 6.33. The lowest BCUT2D eigenvalue weighted by Crippen LogP contribution is -2.41. The number of phenolic OH excluding ortho intramolecular Hbond substituents is 2. The molecule has 1 aromatic carbocycles. The maximum absolute atomic E-state index is 12.2. The van der Waals surface area contributed by atoms with Crippen LogP contribution in [0.5, 0.6) is 11.5 Å². The predicted octanol–water partition coefficient (Wildman–Crippen LogP) is 5.78. The minimum Gasteiger partial charge on any atom is -0.507 e. The molecule has 1 aromatic rings. The van der Waals surface area contributed by atoms with Crippen molar-refractivity contribution in [3.8, 4) is 11.5 Å². The Labute approximate surface area is 172 Å². The van der Waals surface area contributed by atoms with Crippen molar-refractivity contribution in [3.05, 3.63) is 33.4 Å². The van der Waals surface area contributed by atoms with Gasteiger partial charge in [-0.1, -0.05) is 44.0 Å². The summed E-state index contributed by atoms with van der Waals surface area (Å²) in [5.74, 6) is 0.507. The molecule has 1 fully saturated rings. The van der Waals surface area contributed by atoms with Crippen LogP contribution in [0.25, 0.3) is 0 Å². The van der Waals surface area contributed by atoms with Crippen LogP contribution in [0.4, 0.5) is 0 Å². The summed E-state index contributed by atoms with van der Waals surface area (Å²) in [6.45, 7) is 10.1. The molecule has 0 radical (unpaired) electrons. The van der Waals surface area contributed by atoms with Crippen LogP contribution in [0.2, 0.25) is 5.02 Å². The van der Waals surface area contributed by atoms with E-state index in [-0.39, 0.29) is 45.4 Å². The Balaban J connectivity index is 2.17. The second kappa shape index (κ2) is 8.69. The molecule has 154 valence electrons. The Morgan fingerprint density at radius 3 is 2.54 bits per heavy atom. The van der Waals surface area contributed by atoms with Crippen LogP contribution < -0.4 is 0 Å². The molecule has 5 heteroatoms. The maximum Gasteiger partial charge on any atom is 0.154 e. The molecule has 0 unspecified atom stereocenters. The van der Waals surface area contributed by atoms with Gasteiger partial charge < -0.3 is 10.2 Å². The molecule has 0 aromatic heterocycles. The lowest BCUT2D eigenvalue weighted by atomic mass is 9.59. The van der Waals surface area contributed by atoms with Gasteiger partial charge in [-0.2, -0.15) is 0 Å². The van der Waals surface area contributed by atoms with Crippen molar-refractivity contribution >= 4 is 23.7 Å². The van der Waals surface area contributed by atoms with E-state index in [4.69, 9.17) is 11.6 Å². The zero-order valence-electron chi connectivity index (χ0n) is 17.4. The SMILES string of the molecule is CC(=CCc1c(O)c(Cl)c(C)c(C=O)c1O)CC[C@@]1(C)[C@H](C)CCC(=O)[C@@H]1C. The largest absolute Gasteiger partial charge is 0.507 e. The van der Waals surface area contributed by atoms with Gasteiger partial charge in [-0.05, 0) is 56.4 Å². The fourth-order valence-corrected chi connectivity index (χ4v) is 4.44. The van der Waals surface area contributed by atoms with Gasteiger partial charge in [-0.3, -0.25) is 9.59 Å². The van der Waals surface area contributed by atoms with Crippen LogP contribution in [0.3, 0.4) is 0 Å². The first kappa shape index (κ1) is 22.5. The van der Waals surface area contributed by atoms with Crippen LogP contribution in [0.15, 0.2) is 11.6 Å². The van der Waals surface area contributed by atoms with Crippen molar-refractivity contribution in [3.63, 3.8) is 0 Å². The van der Waals surface area contributed by atoms with E-state index in [0.717, 1.165) is 24.8 Å². The van der Waals surface area contributed by atoms with Gasteiger partial charge in [0, 0.05) is 17.9 Å². The van der Waals surface area contributed by atoms with E-state index < -0.39 is 0 Å². The van der Waals surface area contributed by atoms with E-state index in [1.807, 2.05) is 19.9 Å². The molecule has 0 heterocycles. The number of carbonyl (C=O) groups excluding carboxylic acids is 2. The molecule has 0 amide bonds. The van der Waals surface area contributed by atoms with Crippen LogP contribution in [0.1, 0.15) is 74.9 Å². The van der Waals surface area contributed by atoms with Gasteiger partial charge in [0.2, 0.25) is 0 Å². The van der Waals surface area contributed by atoms with Crippen molar-refractivity contribution in [2.24, 2.45) is 17.3 Å². The molecular formula is C23H31ClO4. The number of aromatic hydroxyl groups is 2. The number of aldehydes is 1. The third kappa shape index (κ3) is 4.12. The molecule has 1 saturated carbocycles. The molecule has 0 bridgehead atoms. The summed E-state index contributed by atoms with van der Waals surface area (Å²) in [6, 6.07) is 0. The number of halogens is 1. The third-order valence-electron chi connectivity index (χ3n) is 7.02. The Morgan fingerprint density at radius 2 is 1.93 bits per heavy atom. The summed E-state index contributed by atoms with van der Waals surface area (Å²) in [7, 11) is 0. The average molecular weight is 407 g/mol. The molecule has 4 nitrogen and oxygen atoms in total. The summed E-state index contributed by atoms with van der Waals surface area (Å²) in [6.07, 6.45) is 6.15. The van der Waals surface area contributed by atoms with Crippen LogP contribution in [-0.4, -0.2) is 22.3 Å². The highest BCUT2D eigenvalue weighted by Gasteiger charge is 2.42. The number of rotatable bonds is 6. The minimum atomic E-state index is -0.217. The van der Waals surface area contributed by atoms with Crippen molar-refractivity contribution in [1.29, 1.82) is 0 Å². The minimum absolute atomic E-state index is 0.0213. The molecule has 3 atom stereocenters. The van der Waals surface area contributed by atoms with Crippen LogP contribution in [0, 0.1) is 24.2 Å². The number of phenols is 2. The van der Waals surface area contributed by atoms with Crippen molar-refractivity contribution in [2.75, 3.05) is 0 Å². The Kier molecular flexibility index (Phi) is 6.97. The average Bonchev–Trinajstić information content (AvgIpc) is 2.66. The normalized spacial score (nSPS) is 25.8. The van der Waals surface area contributed by atoms with E-state index in [0.29, 0.717) is 30.0 Å².